The molecule has 18 heavy (non-hydrogen) atoms. The molecule has 0 aromatic heterocycles. The number of rotatable bonds is 7. The van der Waals surface area contributed by atoms with Gasteiger partial charge in [0.2, 0.25) is 0 Å². The number of piperidine rings is 1. The van der Waals surface area contributed by atoms with Crippen molar-refractivity contribution in [3.63, 3.8) is 0 Å². The highest BCUT2D eigenvalue weighted by atomic mass is 16.5. The molecule has 2 atom stereocenters. The molecule has 0 bridgehead atoms. The third-order valence-electron chi connectivity index (χ3n) is 3.65. The lowest BCUT2D eigenvalue weighted by atomic mass is 9.98. The predicted octanol–water partition coefficient (Wildman–Crippen LogP) is 1.79. The van der Waals surface area contributed by atoms with Crippen molar-refractivity contribution in [1.29, 1.82) is 0 Å². The number of hydrogen-bond donors (Lipinski definition) is 1. The summed E-state index contributed by atoms with van der Waals surface area (Å²) in [6.07, 6.45) is 4.48. The normalized spacial score (nSPS) is 22.7. The first-order valence-electron chi connectivity index (χ1n) is 7.37. The molecule has 1 aliphatic heterocycles. The van der Waals surface area contributed by atoms with Crippen molar-refractivity contribution < 1.29 is 9.53 Å². The Morgan fingerprint density at radius 3 is 2.78 bits per heavy atom. The third kappa shape index (κ3) is 4.25. The number of hydrogen-bond acceptors (Lipinski definition) is 4. The number of likely N-dealkylation sites (N-methyl/N-ethyl adjacent to an activating group) is 1. The Morgan fingerprint density at radius 1 is 1.39 bits per heavy atom. The summed E-state index contributed by atoms with van der Waals surface area (Å²) in [6.45, 7) is 9.52. The molecule has 0 amide bonds. The van der Waals surface area contributed by atoms with Crippen LogP contribution < -0.4 is 5.32 Å². The molecule has 1 heterocycles. The molecule has 1 fully saturated rings. The average molecular weight is 256 g/mol. The molecule has 1 rings (SSSR count). The Morgan fingerprint density at radius 2 is 2.17 bits per heavy atom. The van der Waals surface area contributed by atoms with Gasteiger partial charge in [-0.25, -0.2) is 0 Å². The molecule has 106 valence electrons. The number of ether oxygens (including phenoxy) is 1. The van der Waals surface area contributed by atoms with Gasteiger partial charge in [0.25, 0.3) is 0 Å². The first-order valence-corrected chi connectivity index (χ1v) is 7.37. The van der Waals surface area contributed by atoms with E-state index in [1.165, 1.54) is 19.3 Å². The van der Waals surface area contributed by atoms with Crippen molar-refractivity contribution in [2.45, 2.75) is 58.5 Å². The molecule has 0 saturated carbocycles. The number of esters is 1. The van der Waals surface area contributed by atoms with E-state index in [4.69, 9.17) is 4.74 Å². The van der Waals surface area contributed by atoms with E-state index in [1.807, 2.05) is 6.92 Å². The van der Waals surface area contributed by atoms with Crippen LogP contribution in [0.5, 0.6) is 0 Å². The fourth-order valence-corrected chi connectivity index (χ4v) is 2.74. The van der Waals surface area contributed by atoms with Gasteiger partial charge in [-0.15, -0.1) is 0 Å². The second kappa shape index (κ2) is 8.48. The highest BCUT2D eigenvalue weighted by Crippen LogP contribution is 2.21. The second-order valence-corrected chi connectivity index (χ2v) is 4.87. The summed E-state index contributed by atoms with van der Waals surface area (Å²) in [6, 6.07) is 0.418. The summed E-state index contributed by atoms with van der Waals surface area (Å²) in [7, 11) is 0. The van der Waals surface area contributed by atoms with Crippen LogP contribution in [0.2, 0.25) is 0 Å². The maximum atomic E-state index is 12.0. The molecule has 0 aromatic rings. The van der Waals surface area contributed by atoms with Crippen LogP contribution in [0.15, 0.2) is 0 Å². The van der Waals surface area contributed by atoms with Crippen LogP contribution in [0, 0.1) is 0 Å². The number of nitrogens with one attached hydrogen (secondary N) is 1. The lowest BCUT2D eigenvalue weighted by molar-refractivity contribution is -0.151. The summed E-state index contributed by atoms with van der Waals surface area (Å²) >= 11 is 0. The molecule has 0 aliphatic carbocycles. The number of likely N-dealkylation sites (tertiary alicyclic amines) is 1. The van der Waals surface area contributed by atoms with E-state index < -0.39 is 0 Å². The first kappa shape index (κ1) is 15.4. The van der Waals surface area contributed by atoms with Crippen LogP contribution >= 0.6 is 0 Å². The summed E-state index contributed by atoms with van der Waals surface area (Å²) in [5.41, 5.74) is 0. The monoisotopic (exact) mass is 256 g/mol. The quantitative estimate of drug-likeness (QED) is 0.705. The van der Waals surface area contributed by atoms with Crippen LogP contribution in [-0.2, 0) is 9.53 Å². The van der Waals surface area contributed by atoms with Gasteiger partial charge in [-0.05, 0) is 39.3 Å². The lowest BCUT2D eigenvalue weighted by Crippen LogP contribution is -2.53. The fourth-order valence-electron chi connectivity index (χ4n) is 2.74. The first-order chi connectivity index (χ1) is 8.74. The number of carbonyl (C=O) groups is 1. The van der Waals surface area contributed by atoms with Crippen LogP contribution in [0.25, 0.3) is 0 Å². The maximum absolute atomic E-state index is 12.0. The standard InChI is InChI=1S/C14H28N2O2/c1-4-13(14(17)18-6-3)16-10-8-7-9-12(16)11-15-5-2/h12-13,15H,4-11H2,1-3H3. The van der Waals surface area contributed by atoms with Crippen LogP contribution in [0.3, 0.4) is 0 Å². The molecular formula is C14H28N2O2. The number of carbonyl (C=O) groups excluding carboxylic acids is 1. The van der Waals surface area contributed by atoms with Gasteiger partial charge >= 0.3 is 5.97 Å². The summed E-state index contributed by atoms with van der Waals surface area (Å²) in [5, 5.41) is 3.40. The third-order valence-corrected chi connectivity index (χ3v) is 3.65. The van der Waals surface area contributed by atoms with Gasteiger partial charge in [-0.3, -0.25) is 9.69 Å². The van der Waals surface area contributed by atoms with E-state index in [-0.39, 0.29) is 12.0 Å². The molecule has 4 heteroatoms. The van der Waals surface area contributed by atoms with Crippen molar-refractivity contribution in [3.8, 4) is 0 Å². The lowest BCUT2D eigenvalue weighted by Gasteiger charge is -2.39. The SMILES string of the molecule is CCNCC1CCCCN1C(CC)C(=O)OCC. The highest BCUT2D eigenvalue weighted by molar-refractivity contribution is 5.75. The zero-order valence-corrected chi connectivity index (χ0v) is 12.1. The minimum atomic E-state index is -0.0612. The molecule has 4 nitrogen and oxygen atoms in total. The van der Waals surface area contributed by atoms with Gasteiger partial charge < -0.3 is 10.1 Å². The summed E-state index contributed by atoms with van der Waals surface area (Å²) in [4.78, 5) is 14.4. The molecule has 1 saturated heterocycles. The summed E-state index contributed by atoms with van der Waals surface area (Å²) < 4.78 is 5.20. The van der Waals surface area contributed by atoms with Crippen molar-refractivity contribution >= 4 is 5.97 Å². The van der Waals surface area contributed by atoms with Crippen molar-refractivity contribution in [3.05, 3.63) is 0 Å². The molecule has 1 N–H and O–H groups in total. The minimum Gasteiger partial charge on any atom is -0.465 e. The molecule has 0 spiro atoms. The van der Waals surface area contributed by atoms with E-state index in [0.717, 1.165) is 26.1 Å². The van der Waals surface area contributed by atoms with Crippen molar-refractivity contribution in [2.75, 3.05) is 26.2 Å². The zero-order valence-electron chi connectivity index (χ0n) is 12.1. The van der Waals surface area contributed by atoms with Gasteiger partial charge in [0.15, 0.2) is 0 Å². The molecule has 2 unspecified atom stereocenters. The van der Waals surface area contributed by atoms with Gasteiger partial charge in [0, 0.05) is 12.6 Å². The van der Waals surface area contributed by atoms with Gasteiger partial charge in [0.05, 0.1) is 6.61 Å². The van der Waals surface area contributed by atoms with Gasteiger partial charge in [-0.1, -0.05) is 20.3 Å². The Hall–Kier alpha value is -0.610. The second-order valence-electron chi connectivity index (χ2n) is 4.87. The fraction of sp³-hybridized carbons (Fsp3) is 0.929. The average Bonchev–Trinajstić information content (AvgIpc) is 2.39. The largest absolute Gasteiger partial charge is 0.465 e. The van der Waals surface area contributed by atoms with Gasteiger partial charge in [-0.2, -0.15) is 0 Å². The Labute approximate surface area is 111 Å². The molecular weight excluding hydrogens is 228 g/mol. The van der Waals surface area contributed by atoms with E-state index in [0.29, 0.717) is 12.6 Å². The minimum absolute atomic E-state index is 0.0524. The molecule has 0 radical (unpaired) electrons. The van der Waals surface area contributed by atoms with E-state index >= 15 is 0 Å². The predicted molar refractivity (Wildman–Crippen MR) is 73.6 cm³/mol. The Kier molecular flexibility index (Phi) is 7.28. The maximum Gasteiger partial charge on any atom is 0.323 e. The van der Waals surface area contributed by atoms with Crippen molar-refractivity contribution in [1.82, 2.24) is 10.2 Å². The van der Waals surface area contributed by atoms with E-state index in [2.05, 4.69) is 24.1 Å². The van der Waals surface area contributed by atoms with Gasteiger partial charge in [0.1, 0.15) is 6.04 Å². The Balaban J connectivity index is 2.63. The molecule has 0 aromatic carbocycles. The van der Waals surface area contributed by atoms with Crippen LogP contribution in [0.4, 0.5) is 0 Å². The van der Waals surface area contributed by atoms with Crippen LogP contribution in [0.1, 0.15) is 46.5 Å². The topological polar surface area (TPSA) is 41.6 Å². The highest BCUT2D eigenvalue weighted by Gasteiger charge is 2.32. The molecule has 1 aliphatic rings. The summed E-state index contributed by atoms with van der Waals surface area (Å²) in [5.74, 6) is -0.0524. The van der Waals surface area contributed by atoms with Crippen molar-refractivity contribution in [2.24, 2.45) is 0 Å². The van der Waals surface area contributed by atoms with E-state index in [9.17, 15) is 4.79 Å². The number of nitrogens with zero attached hydrogens (tertiary/aromatic N) is 1. The van der Waals surface area contributed by atoms with E-state index in [1.54, 1.807) is 0 Å². The zero-order chi connectivity index (χ0) is 13.4. The Bertz CT molecular complexity index is 246. The smallest absolute Gasteiger partial charge is 0.323 e. The van der Waals surface area contributed by atoms with Crippen LogP contribution in [-0.4, -0.2) is 49.2 Å².